The van der Waals surface area contributed by atoms with Crippen molar-refractivity contribution in [3.8, 4) is 0 Å². The van der Waals surface area contributed by atoms with E-state index >= 15 is 0 Å². The van der Waals surface area contributed by atoms with Crippen molar-refractivity contribution in [1.82, 2.24) is 19.4 Å². The molecule has 0 unspecified atom stereocenters. The van der Waals surface area contributed by atoms with Crippen molar-refractivity contribution in [2.75, 3.05) is 19.6 Å². The number of amides is 1. The molecule has 1 aliphatic heterocycles. The number of aryl methyl sites for hydroxylation is 1. The molecular formula is C22H31FN4O. The standard InChI is InChI=1S/C22H31FN4O/c1-4-21-24-10-13-26(21)16-22(28)27-12-5-11-25(20(15-27)17(2)3)14-18-6-8-19(23)9-7-18/h6-10,13,17,20H,4-5,11-12,14-16H2,1-3H3/t20-/m1/s1. The van der Waals surface area contributed by atoms with Gasteiger partial charge in [-0.05, 0) is 30.0 Å². The molecule has 1 fully saturated rings. The van der Waals surface area contributed by atoms with E-state index in [1.54, 1.807) is 6.20 Å². The molecule has 2 heterocycles. The predicted octanol–water partition coefficient (Wildman–Crippen LogP) is 3.34. The first-order chi connectivity index (χ1) is 13.5. The van der Waals surface area contributed by atoms with Crippen LogP contribution in [0.15, 0.2) is 36.7 Å². The van der Waals surface area contributed by atoms with Gasteiger partial charge in [-0.2, -0.15) is 0 Å². The minimum absolute atomic E-state index is 0.155. The van der Waals surface area contributed by atoms with E-state index in [-0.39, 0.29) is 17.8 Å². The molecule has 0 radical (unpaired) electrons. The number of carbonyl (C=O) groups is 1. The minimum atomic E-state index is -0.206. The van der Waals surface area contributed by atoms with Crippen LogP contribution in [0.4, 0.5) is 4.39 Å². The zero-order valence-corrected chi connectivity index (χ0v) is 17.1. The highest BCUT2D eigenvalue weighted by atomic mass is 19.1. The lowest BCUT2D eigenvalue weighted by Crippen LogP contribution is -2.46. The number of halogens is 1. The summed E-state index contributed by atoms with van der Waals surface area (Å²) in [6, 6.07) is 7.02. The summed E-state index contributed by atoms with van der Waals surface area (Å²) in [5.41, 5.74) is 1.11. The van der Waals surface area contributed by atoms with Gasteiger partial charge in [-0.3, -0.25) is 9.69 Å². The van der Waals surface area contributed by atoms with Crippen LogP contribution in [0.5, 0.6) is 0 Å². The van der Waals surface area contributed by atoms with Crippen LogP contribution in [0.25, 0.3) is 0 Å². The van der Waals surface area contributed by atoms with E-state index in [4.69, 9.17) is 0 Å². The maximum absolute atomic E-state index is 13.2. The Balaban J connectivity index is 1.69. The monoisotopic (exact) mass is 386 g/mol. The first-order valence-corrected chi connectivity index (χ1v) is 10.2. The first-order valence-electron chi connectivity index (χ1n) is 10.2. The van der Waals surface area contributed by atoms with E-state index in [2.05, 4.69) is 30.7 Å². The average Bonchev–Trinajstić information content (AvgIpc) is 3.00. The van der Waals surface area contributed by atoms with Gasteiger partial charge in [-0.15, -0.1) is 0 Å². The largest absolute Gasteiger partial charge is 0.340 e. The van der Waals surface area contributed by atoms with Gasteiger partial charge in [0.1, 0.15) is 18.2 Å². The summed E-state index contributed by atoms with van der Waals surface area (Å²) in [7, 11) is 0. The molecule has 28 heavy (non-hydrogen) atoms. The van der Waals surface area contributed by atoms with Crippen molar-refractivity contribution in [2.24, 2.45) is 5.92 Å². The molecule has 2 aromatic rings. The van der Waals surface area contributed by atoms with E-state index in [1.165, 1.54) is 12.1 Å². The van der Waals surface area contributed by atoms with Gasteiger partial charge in [-0.25, -0.2) is 9.37 Å². The van der Waals surface area contributed by atoms with Crippen LogP contribution in [-0.2, 0) is 24.3 Å². The minimum Gasteiger partial charge on any atom is -0.340 e. The topological polar surface area (TPSA) is 41.4 Å². The van der Waals surface area contributed by atoms with Gasteiger partial charge in [0.05, 0.1) is 0 Å². The zero-order chi connectivity index (χ0) is 20.1. The Morgan fingerprint density at radius 3 is 2.68 bits per heavy atom. The lowest BCUT2D eigenvalue weighted by atomic mass is 10.0. The molecule has 1 aromatic carbocycles. The first kappa shape index (κ1) is 20.5. The van der Waals surface area contributed by atoms with Crippen molar-refractivity contribution in [3.63, 3.8) is 0 Å². The summed E-state index contributed by atoms with van der Waals surface area (Å²) < 4.78 is 15.2. The number of hydrogen-bond donors (Lipinski definition) is 0. The fourth-order valence-electron chi connectivity index (χ4n) is 3.99. The number of benzene rings is 1. The fraction of sp³-hybridized carbons (Fsp3) is 0.545. The molecule has 1 aliphatic rings. The second-order valence-corrected chi connectivity index (χ2v) is 7.93. The quantitative estimate of drug-likeness (QED) is 0.765. The SMILES string of the molecule is CCc1nccn1CC(=O)N1CCCN(Cc2ccc(F)cc2)[C@@H](C(C)C)C1. The van der Waals surface area contributed by atoms with Gasteiger partial charge in [0.25, 0.3) is 0 Å². The number of carbonyl (C=O) groups excluding carboxylic acids is 1. The Morgan fingerprint density at radius 1 is 1.25 bits per heavy atom. The molecule has 152 valence electrons. The molecular weight excluding hydrogens is 355 g/mol. The summed E-state index contributed by atoms with van der Waals surface area (Å²) in [4.78, 5) is 21.7. The van der Waals surface area contributed by atoms with Gasteiger partial charge in [0, 0.05) is 51.0 Å². The van der Waals surface area contributed by atoms with Crippen molar-refractivity contribution < 1.29 is 9.18 Å². The Morgan fingerprint density at radius 2 is 2.00 bits per heavy atom. The predicted molar refractivity (Wildman–Crippen MR) is 108 cm³/mol. The van der Waals surface area contributed by atoms with Gasteiger partial charge in [-0.1, -0.05) is 32.9 Å². The normalized spacial score (nSPS) is 18.5. The molecule has 6 heteroatoms. The maximum atomic E-state index is 13.2. The van der Waals surface area contributed by atoms with E-state index in [0.717, 1.165) is 50.4 Å². The molecule has 1 saturated heterocycles. The third kappa shape index (κ3) is 4.98. The molecule has 1 atom stereocenters. The number of hydrogen-bond acceptors (Lipinski definition) is 3. The fourth-order valence-corrected chi connectivity index (χ4v) is 3.99. The highest BCUT2D eigenvalue weighted by Gasteiger charge is 2.29. The molecule has 5 nitrogen and oxygen atoms in total. The third-order valence-electron chi connectivity index (χ3n) is 5.59. The number of imidazole rings is 1. The molecule has 0 spiro atoms. The molecule has 3 rings (SSSR count). The summed E-state index contributed by atoms with van der Waals surface area (Å²) in [5.74, 6) is 1.32. The second-order valence-electron chi connectivity index (χ2n) is 7.93. The molecule has 1 amide bonds. The van der Waals surface area contributed by atoms with Crippen LogP contribution < -0.4 is 0 Å². The van der Waals surface area contributed by atoms with E-state index < -0.39 is 0 Å². The molecule has 1 aromatic heterocycles. The summed E-state index contributed by atoms with van der Waals surface area (Å²) in [5, 5.41) is 0. The summed E-state index contributed by atoms with van der Waals surface area (Å²) >= 11 is 0. The van der Waals surface area contributed by atoms with Crippen LogP contribution in [0.1, 0.15) is 38.6 Å². The van der Waals surface area contributed by atoms with Crippen molar-refractivity contribution in [1.29, 1.82) is 0 Å². The van der Waals surface area contributed by atoms with Crippen molar-refractivity contribution >= 4 is 5.91 Å². The van der Waals surface area contributed by atoms with Crippen molar-refractivity contribution in [3.05, 3.63) is 53.9 Å². The van der Waals surface area contributed by atoms with Crippen LogP contribution in [-0.4, -0.2) is 50.9 Å². The van der Waals surface area contributed by atoms with Gasteiger partial charge in [0.15, 0.2) is 0 Å². The van der Waals surface area contributed by atoms with E-state index in [0.29, 0.717) is 12.5 Å². The number of nitrogens with zero attached hydrogens (tertiary/aromatic N) is 4. The van der Waals surface area contributed by atoms with Gasteiger partial charge in [0.2, 0.25) is 5.91 Å². The Kier molecular flexibility index (Phi) is 6.83. The Labute approximate surface area is 167 Å². The Bertz CT molecular complexity index is 771. The van der Waals surface area contributed by atoms with Crippen LogP contribution >= 0.6 is 0 Å². The molecule has 0 aliphatic carbocycles. The third-order valence-corrected chi connectivity index (χ3v) is 5.59. The maximum Gasteiger partial charge on any atom is 0.242 e. The molecule has 0 bridgehead atoms. The summed E-state index contributed by atoms with van der Waals surface area (Å²) in [6.45, 7) is 10.1. The van der Waals surface area contributed by atoms with E-state index in [1.807, 2.05) is 27.8 Å². The average molecular weight is 387 g/mol. The lowest BCUT2D eigenvalue weighted by molar-refractivity contribution is -0.132. The zero-order valence-electron chi connectivity index (χ0n) is 17.1. The summed E-state index contributed by atoms with van der Waals surface area (Å²) in [6.07, 6.45) is 5.41. The highest BCUT2D eigenvalue weighted by Crippen LogP contribution is 2.20. The van der Waals surface area contributed by atoms with E-state index in [9.17, 15) is 9.18 Å². The molecule has 0 N–H and O–H groups in total. The van der Waals surface area contributed by atoms with Crippen molar-refractivity contribution in [2.45, 2.75) is 52.7 Å². The highest BCUT2D eigenvalue weighted by molar-refractivity contribution is 5.76. The number of rotatable bonds is 6. The Hall–Kier alpha value is -2.21. The smallest absolute Gasteiger partial charge is 0.242 e. The van der Waals surface area contributed by atoms with Crippen LogP contribution in [0.2, 0.25) is 0 Å². The molecule has 0 saturated carbocycles. The van der Waals surface area contributed by atoms with Crippen LogP contribution in [0, 0.1) is 11.7 Å². The van der Waals surface area contributed by atoms with Crippen LogP contribution in [0.3, 0.4) is 0 Å². The number of aromatic nitrogens is 2. The van der Waals surface area contributed by atoms with Gasteiger partial charge < -0.3 is 9.47 Å². The van der Waals surface area contributed by atoms with Gasteiger partial charge >= 0.3 is 0 Å². The lowest BCUT2D eigenvalue weighted by Gasteiger charge is -2.34. The second kappa shape index (κ2) is 9.32.